The Labute approximate surface area is 238 Å². The fraction of sp³-hybridized carbons (Fsp3) is 0.286. The van der Waals surface area contributed by atoms with E-state index in [0.29, 0.717) is 28.6 Å². The molecule has 39 heavy (non-hydrogen) atoms. The van der Waals surface area contributed by atoms with Crippen molar-refractivity contribution < 1.29 is 22.4 Å². The van der Waals surface area contributed by atoms with E-state index in [1.807, 2.05) is 6.92 Å². The monoisotopic (exact) mass is 593 g/mol. The van der Waals surface area contributed by atoms with Crippen molar-refractivity contribution in [3.63, 3.8) is 0 Å². The molecule has 0 saturated heterocycles. The molecule has 1 atom stereocenters. The van der Waals surface area contributed by atoms with Crippen molar-refractivity contribution in [3.05, 3.63) is 94.2 Å². The molecule has 0 saturated carbocycles. The van der Waals surface area contributed by atoms with E-state index in [9.17, 15) is 22.4 Å². The Bertz CT molecular complexity index is 1370. The van der Waals surface area contributed by atoms with Crippen molar-refractivity contribution in [3.8, 4) is 0 Å². The van der Waals surface area contributed by atoms with Crippen molar-refractivity contribution in [2.24, 2.45) is 0 Å². The number of halogens is 3. The summed E-state index contributed by atoms with van der Waals surface area (Å²) in [5.74, 6) is -1.60. The smallest absolute Gasteiger partial charge is 0.264 e. The molecule has 2 amide bonds. The van der Waals surface area contributed by atoms with E-state index in [1.54, 1.807) is 43.3 Å². The Morgan fingerprint density at radius 2 is 1.54 bits per heavy atom. The van der Waals surface area contributed by atoms with Gasteiger partial charge in [0.25, 0.3) is 10.0 Å². The largest absolute Gasteiger partial charge is 0.354 e. The van der Waals surface area contributed by atoms with Gasteiger partial charge in [-0.3, -0.25) is 13.9 Å². The van der Waals surface area contributed by atoms with E-state index in [1.165, 1.54) is 29.2 Å². The van der Waals surface area contributed by atoms with Crippen LogP contribution in [0.1, 0.15) is 32.3 Å². The average Bonchev–Trinajstić information content (AvgIpc) is 2.92. The van der Waals surface area contributed by atoms with Gasteiger partial charge in [0.1, 0.15) is 18.4 Å². The zero-order valence-electron chi connectivity index (χ0n) is 21.6. The Morgan fingerprint density at radius 1 is 0.923 bits per heavy atom. The zero-order chi connectivity index (χ0) is 28.6. The van der Waals surface area contributed by atoms with Crippen LogP contribution in [0.25, 0.3) is 0 Å². The van der Waals surface area contributed by atoms with Crippen LogP contribution in [0.3, 0.4) is 0 Å². The van der Waals surface area contributed by atoms with E-state index >= 15 is 0 Å². The molecule has 11 heteroatoms. The van der Waals surface area contributed by atoms with E-state index in [0.717, 1.165) is 16.4 Å². The summed E-state index contributed by atoms with van der Waals surface area (Å²) in [6.45, 7) is 3.29. The molecule has 0 radical (unpaired) electrons. The number of hydrogen-bond donors (Lipinski definition) is 1. The van der Waals surface area contributed by atoms with E-state index < -0.39 is 34.3 Å². The van der Waals surface area contributed by atoms with E-state index in [-0.39, 0.29) is 29.5 Å². The van der Waals surface area contributed by atoms with Gasteiger partial charge in [-0.1, -0.05) is 61.3 Å². The maximum atomic E-state index is 14.0. The lowest BCUT2D eigenvalue weighted by Gasteiger charge is -2.33. The molecule has 3 rings (SSSR count). The lowest BCUT2D eigenvalue weighted by molar-refractivity contribution is -0.140. The van der Waals surface area contributed by atoms with Gasteiger partial charge in [-0.05, 0) is 61.4 Å². The standard InChI is InChI=1S/C28H30Cl2FN3O4S/c1-3-17-32-28(36)26(4-2)33(18-23-24(29)11-8-12-25(23)30)27(35)19-34(21-15-13-20(31)14-16-21)39(37,38)22-9-6-5-7-10-22/h5-16,26H,3-4,17-19H2,1-2H3,(H,32,36)/t26-/m0/s1. The summed E-state index contributed by atoms with van der Waals surface area (Å²) in [5, 5.41) is 3.41. The van der Waals surface area contributed by atoms with Crippen LogP contribution in [-0.2, 0) is 26.2 Å². The van der Waals surface area contributed by atoms with Crippen LogP contribution in [-0.4, -0.2) is 44.3 Å². The number of benzene rings is 3. The molecule has 0 heterocycles. The third kappa shape index (κ3) is 7.50. The second-order valence-corrected chi connectivity index (χ2v) is 11.4. The van der Waals surface area contributed by atoms with Gasteiger partial charge in [-0.15, -0.1) is 0 Å². The Hall–Kier alpha value is -3.14. The molecule has 0 unspecified atom stereocenters. The number of amides is 2. The first kappa shape index (κ1) is 30.4. The summed E-state index contributed by atoms with van der Waals surface area (Å²) in [5.41, 5.74) is 0.517. The third-order valence-corrected chi connectivity index (χ3v) is 8.55. The van der Waals surface area contributed by atoms with Gasteiger partial charge in [0, 0.05) is 28.7 Å². The lowest BCUT2D eigenvalue weighted by Crippen LogP contribution is -2.52. The van der Waals surface area contributed by atoms with Crippen LogP contribution in [0.5, 0.6) is 0 Å². The van der Waals surface area contributed by atoms with Crippen LogP contribution in [0.15, 0.2) is 77.7 Å². The summed E-state index contributed by atoms with van der Waals surface area (Å²) < 4.78 is 42.0. The van der Waals surface area contributed by atoms with Crippen molar-refractivity contribution in [2.75, 3.05) is 17.4 Å². The molecule has 0 aliphatic heterocycles. The second kappa shape index (κ2) is 13.8. The molecule has 0 aliphatic rings. The molecular weight excluding hydrogens is 564 g/mol. The van der Waals surface area contributed by atoms with Crippen LogP contribution in [0.4, 0.5) is 10.1 Å². The van der Waals surface area contributed by atoms with Crippen LogP contribution >= 0.6 is 23.2 Å². The highest BCUT2D eigenvalue weighted by atomic mass is 35.5. The molecule has 1 N–H and O–H groups in total. The molecule has 7 nitrogen and oxygen atoms in total. The van der Waals surface area contributed by atoms with Gasteiger partial charge in [0.2, 0.25) is 11.8 Å². The maximum absolute atomic E-state index is 14.0. The van der Waals surface area contributed by atoms with Gasteiger partial charge in [-0.2, -0.15) is 0 Å². The first-order valence-electron chi connectivity index (χ1n) is 12.4. The predicted molar refractivity (Wildman–Crippen MR) is 152 cm³/mol. The van der Waals surface area contributed by atoms with E-state index in [2.05, 4.69) is 5.32 Å². The molecule has 208 valence electrons. The summed E-state index contributed by atoms with van der Waals surface area (Å²) in [7, 11) is -4.24. The van der Waals surface area contributed by atoms with Crippen LogP contribution in [0, 0.1) is 5.82 Å². The Kier molecular flexibility index (Phi) is 10.7. The number of carbonyl (C=O) groups is 2. The number of nitrogens with zero attached hydrogens (tertiary/aromatic N) is 2. The van der Waals surface area contributed by atoms with Crippen LogP contribution < -0.4 is 9.62 Å². The zero-order valence-corrected chi connectivity index (χ0v) is 23.9. The van der Waals surface area contributed by atoms with Crippen molar-refractivity contribution >= 4 is 50.7 Å². The normalized spacial score (nSPS) is 12.0. The van der Waals surface area contributed by atoms with Crippen molar-refractivity contribution in [1.82, 2.24) is 10.2 Å². The number of anilines is 1. The van der Waals surface area contributed by atoms with Gasteiger partial charge in [0.05, 0.1) is 10.6 Å². The summed E-state index contributed by atoms with van der Waals surface area (Å²) >= 11 is 12.8. The third-order valence-electron chi connectivity index (χ3n) is 6.05. The maximum Gasteiger partial charge on any atom is 0.264 e. The number of hydrogen-bond acceptors (Lipinski definition) is 4. The average molecular weight is 595 g/mol. The minimum atomic E-state index is -4.24. The highest BCUT2D eigenvalue weighted by Crippen LogP contribution is 2.28. The number of carbonyl (C=O) groups excluding carboxylic acids is 2. The molecule has 0 spiro atoms. The first-order chi connectivity index (χ1) is 18.6. The molecule has 3 aromatic rings. The molecule has 0 fully saturated rings. The summed E-state index contributed by atoms with van der Waals surface area (Å²) in [6, 6.07) is 16.4. The van der Waals surface area contributed by atoms with Gasteiger partial charge in [-0.25, -0.2) is 12.8 Å². The summed E-state index contributed by atoms with van der Waals surface area (Å²) in [6.07, 6.45) is 0.950. The van der Waals surface area contributed by atoms with Gasteiger partial charge >= 0.3 is 0 Å². The second-order valence-electron chi connectivity index (χ2n) is 8.74. The minimum absolute atomic E-state index is 0.0458. The first-order valence-corrected chi connectivity index (χ1v) is 14.6. The number of nitrogens with one attached hydrogen (secondary N) is 1. The highest BCUT2D eigenvalue weighted by Gasteiger charge is 2.34. The molecular formula is C28H30Cl2FN3O4S. The van der Waals surface area contributed by atoms with Gasteiger partial charge in [0.15, 0.2) is 0 Å². The topological polar surface area (TPSA) is 86.8 Å². The summed E-state index contributed by atoms with van der Waals surface area (Å²) in [4.78, 5) is 28.3. The predicted octanol–water partition coefficient (Wildman–Crippen LogP) is 5.66. The fourth-order valence-corrected chi connectivity index (χ4v) is 5.95. The Morgan fingerprint density at radius 3 is 2.10 bits per heavy atom. The van der Waals surface area contributed by atoms with Crippen LogP contribution in [0.2, 0.25) is 10.0 Å². The number of rotatable bonds is 12. The highest BCUT2D eigenvalue weighted by molar-refractivity contribution is 7.92. The molecule has 0 aromatic heterocycles. The minimum Gasteiger partial charge on any atom is -0.354 e. The molecule has 0 bridgehead atoms. The van der Waals surface area contributed by atoms with Gasteiger partial charge < -0.3 is 10.2 Å². The lowest BCUT2D eigenvalue weighted by atomic mass is 10.1. The Balaban J connectivity index is 2.07. The number of sulfonamides is 1. The quantitative estimate of drug-likeness (QED) is 0.293. The van der Waals surface area contributed by atoms with E-state index in [4.69, 9.17) is 23.2 Å². The SMILES string of the molecule is CCCNC(=O)[C@H](CC)N(Cc1c(Cl)cccc1Cl)C(=O)CN(c1ccc(F)cc1)S(=O)(=O)c1ccccc1. The molecule has 3 aromatic carbocycles. The van der Waals surface area contributed by atoms with Crippen molar-refractivity contribution in [1.29, 1.82) is 0 Å². The molecule has 0 aliphatic carbocycles. The fourth-order valence-electron chi connectivity index (χ4n) is 4.00. The van der Waals surface area contributed by atoms with Crippen molar-refractivity contribution in [2.45, 2.75) is 44.2 Å².